The quantitative estimate of drug-likeness (QED) is 0.359. The number of rotatable bonds is 3. The number of carbonyl (C=O) groups excluding carboxylic acids is 1. The zero-order valence-corrected chi connectivity index (χ0v) is 9.27. The molecule has 0 fully saturated rings. The molecule has 0 saturated heterocycles. The van der Waals surface area contributed by atoms with Crippen molar-refractivity contribution in [1.82, 2.24) is 5.32 Å². The van der Waals surface area contributed by atoms with Crippen LogP contribution in [-0.2, 0) is 14.9 Å². The second-order valence-electron chi connectivity index (χ2n) is 1.74. The topological polar surface area (TPSA) is 86.3 Å². The van der Waals surface area contributed by atoms with Crippen LogP contribution >= 0.6 is 0 Å². The maximum absolute atomic E-state index is 10.1. The van der Waals surface area contributed by atoms with E-state index in [9.17, 15) is 17.8 Å². The van der Waals surface area contributed by atoms with Crippen LogP contribution in [0.2, 0.25) is 0 Å². The van der Waals surface area contributed by atoms with Gasteiger partial charge in [0.2, 0.25) is 5.91 Å². The van der Waals surface area contributed by atoms with E-state index >= 15 is 0 Å². The molecule has 0 rings (SSSR count). The van der Waals surface area contributed by atoms with Crippen molar-refractivity contribution >= 4 is 16.0 Å². The number of nitrogens with one attached hydrogen (secondary N) is 1. The summed E-state index contributed by atoms with van der Waals surface area (Å²) in [7, 11) is -4.18. The average molecular weight is 189 g/mol. The average Bonchev–Trinajstić information content (AvgIpc) is 1.59. The number of carbonyl (C=O) groups is 1. The summed E-state index contributed by atoms with van der Waals surface area (Å²) >= 11 is 0. The van der Waals surface area contributed by atoms with Crippen molar-refractivity contribution in [3.63, 3.8) is 0 Å². The molecule has 0 bridgehead atoms. The molecule has 7 heteroatoms. The van der Waals surface area contributed by atoms with Crippen LogP contribution in [0.25, 0.3) is 0 Å². The Kier molecular flexibility index (Phi) is 7.55. The van der Waals surface area contributed by atoms with E-state index in [0.29, 0.717) is 0 Å². The predicted octanol–water partition coefficient (Wildman–Crippen LogP) is -4.33. The van der Waals surface area contributed by atoms with E-state index in [1.54, 1.807) is 0 Å². The summed E-state index contributed by atoms with van der Waals surface area (Å²) in [5, 5.41) is 2.18. The summed E-state index contributed by atoms with van der Waals surface area (Å²) < 4.78 is 29.7. The van der Waals surface area contributed by atoms with Gasteiger partial charge in [0, 0.05) is 13.5 Å². The second kappa shape index (κ2) is 5.96. The summed E-state index contributed by atoms with van der Waals surface area (Å²) in [6.07, 6.45) is 0. The molecule has 0 aromatic rings. The molecule has 0 saturated carbocycles. The van der Waals surface area contributed by atoms with E-state index in [0.717, 1.165) is 0 Å². The second-order valence-corrected chi connectivity index (χ2v) is 3.27. The Morgan fingerprint density at radius 3 is 2.27 bits per heavy atom. The zero-order chi connectivity index (χ0) is 8.20. The summed E-state index contributed by atoms with van der Waals surface area (Å²) in [5.41, 5.74) is 0. The van der Waals surface area contributed by atoms with E-state index in [1.807, 2.05) is 0 Å². The van der Waals surface area contributed by atoms with Crippen LogP contribution in [0.5, 0.6) is 0 Å². The molecule has 11 heavy (non-hydrogen) atoms. The minimum Gasteiger partial charge on any atom is -0.748 e. The minimum atomic E-state index is -4.18. The molecule has 0 aliphatic heterocycles. The summed E-state index contributed by atoms with van der Waals surface area (Å²) in [6.45, 7) is 1.14. The molecule has 0 spiro atoms. The van der Waals surface area contributed by atoms with E-state index < -0.39 is 15.9 Å². The van der Waals surface area contributed by atoms with Crippen molar-refractivity contribution in [3.05, 3.63) is 0 Å². The molecular weight excluding hydrogens is 181 g/mol. The van der Waals surface area contributed by atoms with Crippen LogP contribution in [0.15, 0.2) is 0 Å². The molecule has 0 heterocycles. The molecule has 0 aliphatic rings. The van der Waals surface area contributed by atoms with Gasteiger partial charge in [-0.1, -0.05) is 0 Å². The van der Waals surface area contributed by atoms with Gasteiger partial charge in [0.15, 0.2) is 0 Å². The maximum atomic E-state index is 10.1. The van der Waals surface area contributed by atoms with Gasteiger partial charge in [0.1, 0.15) is 0 Å². The van der Waals surface area contributed by atoms with E-state index in [4.69, 9.17) is 0 Å². The standard InChI is InChI=1S/C4H9NO4S.Na/c1-4(6)5-2-3-10(7,8)9;/h2-3H2,1H3,(H,5,6)(H,7,8,9);/q;+1/p-1. The summed E-state index contributed by atoms with van der Waals surface area (Å²) in [4.78, 5) is 10.1. The van der Waals surface area contributed by atoms with Crippen LogP contribution in [0, 0.1) is 0 Å². The SMILES string of the molecule is CC(=O)NCCS(=O)(=O)[O-].[Na+]. The first-order valence-corrected chi connectivity index (χ1v) is 4.17. The van der Waals surface area contributed by atoms with Gasteiger partial charge in [0.05, 0.1) is 15.9 Å². The third kappa shape index (κ3) is 13.4. The Labute approximate surface area is 87.6 Å². The van der Waals surface area contributed by atoms with Crippen molar-refractivity contribution in [1.29, 1.82) is 0 Å². The normalized spacial score (nSPS) is 10.0. The van der Waals surface area contributed by atoms with Crippen LogP contribution in [0.4, 0.5) is 0 Å². The van der Waals surface area contributed by atoms with Crippen molar-refractivity contribution in [2.45, 2.75) is 6.92 Å². The molecule has 0 atom stereocenters. The first kappa shape index (κ1) is 13.9. The van der Waals surface area contributed by atoms with Gasteiger partial charge in [0.25, 0.3) is 0 Å². The zero-order valence-electron chi connectivity index (χ0n) is 6.46. The molecule has 1 amide bonds. The predicted molar refractivity (Wildman–Crippen MR) is 33.2 cm³/mol. The molecule has 0 aliphatic carbocycles. The van der Waals surface area contributed by atoms with Gasteiger partial charge in [-0.25, -0.2) is 8.42 Å². The van der Waals surface area contributed by atoms with Gasteiger partial charge in [-0.15, -0.1) is 0 Å². The smallest absolute Gasteiger partial charge is 0.748 e. The van der Waals surface area contributed by atoms with Crippen LogP contribution in [-0.4, -0.2) is 31.2 Å². The first-order valence-electron chi connectivity index (χ1n) is 2.60. The molecule has 0 aromatic heterocycles. The monoisotopic (exact) mass is 189 g/mol. The Morgan fingerprint density at radius 1 is 1.55 bits per heavy atom. The van der Waals surface area contributed by atoms with Gasteiger partial charge in [-0.3, -0.25) is 4.79 Å². The van der Waals surface area contributed by atoms with Crippen LogP contribution < -0.4 is 34.9 Å². The first-order chi connectivity index (χ1) is 4.42. The molecule has 1 N–H and O–H groups in total. The van der Waals surface area contributed by atoms with E-state index in [-0.39, 0.29) is 42.0 Å². The van der Waals surface area contributed by atoms with Crippen molar-refractivity contribution < 1.29 is 47.3 Å². The fourth-order valence-electron chi connectivity index (χ4n) is 0.352. The van der Waals surface area contributed by atoms with Gasteiger partial charge >= 0.3 is 29.6 Å². The Bertz CT molecular complexity index is 212. The van der Waals surface area contributed by atoms with Crippen molar-refractivity contribution in [3.8, 4) is 0 Å². The summed E-state index contributed by atoms with van der Waals surface area (Å²) in [6, 6.07) is 0. The minimum absolute atomic E-state index is 0. The fourth-order valence-corrected chi connectivity index (χ4v) is 0.704. The fraction of sp³-hybridized carbons (Fsp3) is 0.750. The summed E-state index contributed by atoms with van der Waals surface area (Å²) in [5.74, 6) is -0.893. The molecule has 0 aromatic carbocycles. The van der Waals surface area contributed by atoms with Crippen LogP contribution in [0.1, 0.15) is 6.92 Å². The molecule has 5 nitrogen and oxygen atoms in total. The third-order valence-corrected chi connectivity index (χ3v) is 1.43. The molecule has 0 radical (unpaired) electrons. The van der Waals surface area contributed by atoms with Crippen molar-refractivity contribution in [2.75, 3.05) is 12.3 Å². The van der Waals surface area contributed by atoms with Gasteiger partial charge < -0.3 is 9.87 Å². The molecule has 0 unspecified atom stereocenters. The van der Waals surface area contributed by atoms with E-state index in [2.05, 4.69) is 5.32 Å². The van der Waals surface area contributed by atoms with Crippen molar-refractivity contribution in [2.24, 2.45) is 0 Å². The third-order valence-electron chi connectivity index (χ3n) is 0.726. The largest absolute Gasteiger partial charge is 1.00 e. The molecular formula is C4H8NNaO4S. The number of hydrogen-bond donors (Lipinski definition) is 1. The molecule has 60 valence electrons. The van der Waals surface area contributed by atoms with Gasteiger partial charge in [-0.05, 0) is 0 Å². The Hall–Kier alpha value is 0.380. The van der Waals surface area contributed by atoms with E-state index in [1.165, 1.54) is 6.92 Å². The maximum Gasteiger partial charge on any atom is 1.00 e. The Morgan fingerprint density at radius 2 is 2.00 bits per heavy atom. The van der Waals surface area contributed by atoms with Crippen LogP contribution in [0.3, 0.4) is 0 Å². The Balaban J connectivity index is 0. The number of amides is 1. The number of hydrogen-bond acceptors (Lipinski definition) is 4. The van der Waals surface area contributed by atoms with Gasteiger partial charge in [-0.2, -0.15) is 0 Å².